The van der Waals surface area contributed by atoms with Gasteiger partial charge in [-0.2, -0.15) is 26.3 Å². The molecular weight excluding hydrogens is 969 g/mol. The largest absolute Gasteiger partial charge is 0.457 e. The van der Waals surface area contributed by atoms with Gasteiger partial charge in [0.2, 0.25) is 5.91 Å². The summed E-state index contributed by atoms with van der Waals surface area (Å²) in [6.45, 7) is 15.2. The summed E-state index contributed by atoms with van der Waals surface area (Å²) >= 11 is 0.918. The molecule has 0 fully saturated rings. The van der Waals surface area contributed by atoms with Crippen LogP contribution in [-0.2, 0) is 31.4 Å². The Morgan fingerprint density at radius 1 is 0.592 bits per heavy atom. The number of nitrogens with one attached hydrogen (secondary N) is 7. The summed E-state index contributed by atoms with van der Waals surface area (Å²) in [5.74, 6) is -0.998. The lowest BCUT2D eigenvalue weighted by molar-refractivity contribution is -0.138. The Morgan fingerprint density at radius 2 is 1.14 bits per heavy atom. The van der Waals surface area contributed by atoms with E-state index in [0.717, 1.165) is 23.9 Å². The molecule has 6 amide bonds. The van der Waals surface area contributed by atoms with Crippen molar-refractivity contribution in [3.05, 3.63) is 65.7 Å². The Hall–Kier alpha value is -6.79. The average molecular weight is 1030 g/mol. The number of alkyl carbamates (subject to hydrolysis) is 2. The first kappa shape index (κ1) is 58.5. The number of halogens is 6. The van der Waals surface area contributed by atoms with Gasteiger partial charge in [-0.05, 0) is 124 Å². The molecule has 0 spiro atoms. The van der Waals surface area contributed by atoms with E-state index in [0.29, 0.717) is 18.6 Å². The van der Waals surface area contributed by atoms with Gasteiger partial charge in [0.1, 0.15) is 28.3 Å². The highest BCUT2D eigenvalue weighted by Gasteiger charge is 2.34. The van der Waals surface area contributed by atoms with Crippen molar-refractivity contribution in [3.8, 4) is 11.5 Å². The van der Waals surface area contributed by atoms with E-state index in [1.54, 1.807) is 62.3 Å². The molecule has 0 aliphatic carbocycles. The van der Waals surface area contributed by atoms with Crippen molar-refractivity contribution in [2.24, 2.45) is 10.7 Å². The minimum absolute atomic E-state index is 0.0123. The molecule has 0 unspecified atom stereocenters. The molecule has 0 atom stereocenters. The third-order valence-electron chi connectivity index (χ3n) is 8.40. The van der Waals surface area contributed by atoms with Crippen LogP contribution in [0.15, 0.2) is 64.5 Å². The Morgan fingerprint density at radius 3 is 1.70 bits per heavy atom. The van der Waals surface area contributed by atoms with Gasteiger partial charge < -0.3 is 61.9 Å². The van der Waals surface area contributed by atoms with E-state index in [1.807, 2.05) is 0 Å². The van der Waals surface area contributed by atoms with E-state index in [1.165, 1.54) is 30.3 Å². The number of guanidine groups is 1. The Bertz CT molecular complexity index is 2350. The maximum Gasteiger partial charge on any atom is 0.437 e. The molecule has 0 bridgehead atoms. The fraction of sp³-hybridized carbons (Fsp3) is 0.478. The number of hydrogen-bond acceptors (Lipinski definition) is 11. The lowest BCUT2D eigenvalue weighted by Gasteiger charge is -2.21. The molecule has 0 radical (unpaired) electrons. The van der Waals surface area contributed by atoms with Gasteiger partial charge in [-0.1, -0.05) is 0 Å². The van der Waals surface area contributed by atoms with Crippen molar-refractivity contribution in [3.63, 3.8) is 0 Å². The number of aliphatic imine (C=N–C) groups is 1. The molecule has 0 aliphatic rings. The number of thioether (sulfide) groups is 1. The summed E-state index contributed by atoms with van der Waals surface area (Å²) in [4.78, 5) is 66.3. The van der Waals surface area contributed by atoms with Crippen LogP contribution in [-0.4, -0.2) is 84.9 Å². The van der Waals surface area contributed by atoms with E-state index in [9.17, 15) is 50.3 Å². The Kier molecular flexibility index (Phi) is 20.9. The minimum atomic E-state index is -4.94. The van der Waals surface area contributed by atoms with Crippen molar-refractivity contribution in [2.45, 2.75) is 116 Å². The van der Waals surface area contributed by atoms with E-state index < -0.39 is 70.5 Å². The van der Waals surface area contributed by atoms with Gasteiger partial charge in [-0.3, -0.25) is 4.79 Å². The molecule has 3 aromatic rings. The SMILES string of the molecule is CC(C)(C)OC(=O)N=C(N)NCCCCC(=O)Nc1cc(C(F)(F)F)cc(NC(=O)Nc2ccc(Oc3cc(NCCNC(=O)OC(C)(C)C)cc(C(F)(F)F)c3)cc2)c1SCCNC(=O)OC(C)(C)C. The van der Waals surface area contributed by atoms with Gasteiger partial charge in [0.25, 0.3) is 0 Å². The summed E-state index contributed by atoms with van der Waals surface area (Å²) in [5, 5.41) is 17.9. The summed E-state index contributed by atoms with van der Waals surface area (Å²) < 4.78 is 106. The Balaban J connectivity index is 1.78. The molecule has 0 heterocycles. The number of rotatable bonds is 18. The quantitative estimate of drug-likeness (QED) is 0.0148. The molecule has 0 saturated heterocycles. The molecule has 71 heavy (non-hydrogen) atoms. The fourth-order valence-electron chi connectivity index (χ4n) is 5.65. The average Bonchev–Trinajstić information content (AvgIpc) is 3.19. The monoisotopic (exact) mass is 1030 g/mol. The third kappa shape index (κ3) is 23.6. The van der Waals surface area contributed by atoms with E-state index in [-0.39, 0.29) is 89.9 Å². The number of hydrogen-bond donors (Lipinski definition) is 8. The molecule has 25 heteroatoms. The van der Waals surface area contributed by atoms with Crippen LogP contribution in [0.2, 0.25) is 0 Å². The third-order valence-corrected chi connectivity index (χ3v) is 9.54. The van der Waals surface area contributed by atoms with Crippen LogP contribution in [0.4, 0.5) is 68.3 Å². The van der Waals surface area contributed by atoms with E-state index in [4.69, 9.17) is 24.7 Å². The standard InChI is InChI=1S/C46H61F6N9O9S/c1-42(2,3)68-39(64)56-19-18-54-30-22-27(45(47,48)49)23-32(26-30)67-31-15-13-29(14-16-31)58-38(63)60-34-25-28(46(50,51)52)24-33(36(34)71-21-20-57-40(65)69-43(4,5)6)59-35(62)12-10-11-17-55-37(53)61-41(66)70-44(7,8)9/h13-16,22-26,54H,10-12,17-21H2,1-9H3,(H,56,64)(H,57,65)(H,59,62)(H2,58,60,63)(H3,53,55,61,66). The normalized spacial score (nSPS) is 12.2. The van der Waals surface area contributed by atoms with Crippen LogP contribution in [0.3, 0.4) is 0 Å². The van der Waals surface area contributed by atoms with Crippen LogP contribution in [0.1, 0.15) is 92.7 Å². The van der Waals surface area contributed by atoms with Crippen LogP contribution in [0, 0.1) is 0 Å². The zero-order valence-corrected chi connectivity index (χ0v) is 41.5. The number of carbonyl (C=O) groups is 5. The number of carbonyl (C=O) groups excluding carboxylic acids is 5. The second-order valence-electron chi connectivity index (χ2n) is 18.4. The van der Waals surface area contributed by atoms with Crippen molar-refractivity contribution in [1.29, 1.82) is 0 Å². The predicted molar refractivity (Wildman–Crippen MR) is 258 cm³/mol. The van der Waals surface area contributed by atoms with E-state index >= 15 is 0 Å². The van der Waals surface area contributed by atoms with Crippen molar-refractivity contribution in [1.82, 2.24) is 16.0 Å². The number of nitrogens with zero attached hydrogens (tertiary/aromatic N) is 1. The zero-order valence-electron chi connectivity index (χ0n) is 40.7. The highest BCUT2D eigenvalue weighted by molar-refractivity contribution is 7.99. The van der Waals surface area contributed by atoms with E-state index in [2.05, 4.69) is 42.2 Å². The molecular formula is C46H61F6N9O9S. The lowest BCUT2D eigenvalue weighted by Crippen LogP contribution is -2.35. The highest BCUT2D eigenvalue weighted by Crippen LogP contribution is 2.41. The van der Waals surface area contributed by atoms with Crippen LogP contribution in [0.25, 0.3) is 0 Å². The number of urea groups is 1. The highest BCUT2D eigenvalue weighted by atomic mass is 32.2. The van der Waals surface area contributed by atoms with Crippen molar-refractivity contribution < 1.29 is 69.3 Å². The second kappa shape index (κ2) is 25.4. The second-order valence-corrected chi connectivity index (χ2v) is 19.5. The minimum Gasteiger partial charge on any atom is -0.457 e. The van der Waals surface area contributed by atoms with Crippen molar-refractivity contribution in [2.75, 3.05) is 53.2 Å². The van der Waals surface area contributed by atoms with Crippen LogP contribution >= 0.6 is 11.8 Å². The molecule has 3 rings (SSSR count). The summed E-state index contributed by atoms with van der Waals surface area (Å²) in [7, 11) is 0. The molecule has 0 aliphatic heterocycles. The summed E-state index contributed by atoms with van der Waals surface area (Å²) in [5.41, 5.74) is 0.621. The zero-order chi connectivity index (χ0) is 53.4. The number of amides is 6. The molecule has 0 aromatic heterocycles. The summed E-state index contributed by atoms with van der Waals surface area (Å²) in [6.07, 6.45) is -11.6. The maximum absolute atomic E-state index is 14.3. The predicted octanol–water partition coefficient (Wildman–Crippen LogP) is 10.7. The van der Waals surface area contributed by atoms with Crippen molar-refractivity contribution >= 4 is 70.7 Å². The Labute approximate surface area is 411 Å². The number of benzene rings is 3. The molecule has 18 nitrogen and oxygen atoms in total. The first-order chi connectivity index (χ1) is 32.7. The number of alkyl halides is 6. The number of unbranched alkanes of at least 4 members (excludes halogenated alkanes) is 1. The number of ether oxygens (including phenoxy) is 4. The van der Waals surface area contributed by atoms with Crippen LogP contribution < -0.4 is 47.7 Å². The van der Waals surface area contributed by atoms with Gasteiger partial charge in [0.15, 0.2) is 5.96 Å². The van der Waals surface area contributed by atoms with Crippen LogP contribution in [0.5, 0.6) is 11.5 Å². The van der Waals surface area contributed by atoms with Gasteiger partial charge in [-0.15, -0.1) is 16.8 Å². The number of nitrogens with two attached hydrogens (primary N) is 1. The topological polar surface area (TPSA) is 245 Å². The molecule has 392 valence electrons. The molecule has 0 saturated carbocycles. The summed E-state index contributed by atoms with van der Waals surface area (Å²) in [6, 6.07) is 8.65. The van der Waals surface area contributed by atoms with Gasteiger partial charge >= 0.3 is 36.7 Å². The van der Waals surface area contributed by atoms with Gasteiger partial charge in [0.05, 0.1) is 27.4 Å². The van der Waals surface area contributed by atoms with Gasteiger partial charge in [0, 0.05) is 55.8 Å². The fourth-order valence-corrected chi connectivity index (χ4v) is 6.59. The first-order valence-electron chi connectivity index (χ1n) is 22.0. The smallest absolute Gasteiger partial charge is 0.437 e. The molecule has 9 N–H and O–H groups in total. The van der Waals surface area contributed by atoms with Gasteiger partial charge in [-0.25, -0.2) is 19.2 Å². The molecule has 3 aromatic carbocycles. The number of anilines is 4. The maximum atomic E-state index is 14.3. The first-order valence-corrected chi connectivity index (χ1v) is 23.0. The lowest BCUT2D eigenvalue weighted by atomic mass is 10.1.